The van der Waals surface area contributed by atoms with Crippen LogP contribution in [0.25, 0.3) is 11.4 Å². The van der Waals surface area contributed by atoms with Gasteiger partial charge in [0.25, 0.3) is 0 Å². The minimum Gasteiger partial charge on any atom is -0.379 e. The summed E-state index contributed by atoms with van der Waals surface area (Å²) in [6.07, 6.45) is 2.72. The van der Waals surface area contributed by atoms with E-state index in [1.807, 2.05) is 22.5 Å². The maximum Gasteiger partial charge on any atom is 0.112 e. The fourth-order valence-electron chi connectivity index (χ4n) is 2.31. The molecule has 1 fully saturated rings. The highest BCUT2D eigenvalue weighted by atomic mass is 16.5. The molecule has 2 N–H and O–H groups in total. The third kappa shape index (κ3) is 1.72. The van der Waals surface area contributed by atoms with Gasteiger partial charge in [0.05, 0.1) is 18.3 Å². The zero-order valence-corrected chi connectivity index (χ0v) is 10.3. The van der Waals surface area contributed by atoms with Gasteiger partial charge in [-0.25, -0.2) is 4.68 Å². The summed E-state index contributed by atoms with van der Waals surface area (Å²) < 4.78 is 9.15. The zero-order chi connectivity index (χ0) is 12.5. The molecule has 0 radical (unpaired) electrons. The first kappa shape index (κ1) is 11.4. The van der Waals surface area contributed by atoms with Gasteiger partial charge in [0, 0.05) is 26.4 Å². The lowest BCUT2D eigenvalue weighted by Gasteiger charge is -2.12. The number of ether oxygens (including phenoxy) is 1. The van der Waals surface area contributed by atoms with Crippen molar-refractivity contribution in [3.63, 3.8) is 0 Å². The largest absolute Gasteiger partial charge is 0.379 e. The molecule has 1 atom stereocenters. The number of rotatable bonds is 3. The van der Waals surface area contributed by atoms with Crippen LogP contribution in [0.1, 0.15) is 18.2 Å². The van der Waals surface area contributed by atoms with Gasteiger partial charge in [0.1, 0.15) is 11.4 Å². The van der Waals surface area contributed by atoms with Gasteiger partial charge in [-0.3, -0.25) is 4.68 Å². The number of aryl methyl sites for hydroxylation is 1. The summed E-state index contributed by atoms with van der Waals surface area (Å²) in [5, 5.41) is 12.6. The van der Waals surface area contributed by atoms with Crippen LogP contribution in [0.2, 0.25) is 0 Å². The molecular formula is C11H16N6O. The van der Waals surface area contributed by atoms with Crippen molar-refractivity contribution in [2.24, 2.45) is 12.8 Å². The number of nitrogens with zero attached hydrogens (tertiary/aromatic N) is 5. The molecule has 0 amide bonds. The van der Waals surface area contributed by atoms with Crippen molar-refractivity contribution in [3.05, 3.63) is 18.0 Å². The quantitative estimate of drug-likeness (QED) is 0.832. The summed E-state index contributed by atoms with van der Waals surface area (Å²) >= 11 is 0. The van der Waals surface area contributed by atoms with Crippen molar-refractivity contribution in [1.29, 1.82) is 0 Å². The molecule has 1 unspecified atom stereocenters. The molecule has 1 aliphatic heterocycles. The van der Waals surface area contributed by atoms with Crippen LogP contribution in [-0.2, 0) is 18.3 Å². The third-order valence-electron chi connectivity index (χ3n) is 3.27. The predicted octanol–water partition coefficient (Wildman–Crippen LogP) is 0.0987. The first-order valence-electron chi connectivity index (χ1n) is 6.01. The molecule has 0 saturated carbocycles. The third-order valence-corrected chi connectivity index (χ3v) is 3.27. The van der Waals surface area contributed by atoms with Gasteiger partial charge < -0.3 is 10.5 Å². The van der Waals surface area contributed by atoms with E-state index in [9.17, 15) is 0 Å². The molecule has 3 heterocycles. The van der Waals surface area contributed by atoms with Crippen LogP contribution in [0.5, 0.6) is 0 Å². The number of hydrogen-bond donors (Lipinski definition) is 1. The summed E-state index contributed by atoms with van der Waals surface area (Å²) in [7, 11) is 1.90. The normalized spacial score (nSPS) is 19.6. The van der Waals surface area contributed by atoms with Crippen molar-refractivity contribution in [2.45, 2.75) is 19.0 Å². The number of nitrogens with two attached hydrogens (primary N) is 1. The van der Waals surface area contributed by atoms with E-state index in [1.54, 1.807) is 6.20 Å². The highest BCUT2D eigenvalue weighted by Gasteiger charge is 2.25. The fourth-order valence-corrected chi connectivity index (χ4v) is 2.31. The van der Waals surface area contributed by atoms with E-state index in [2.05, 4.69) is 15.4 Å². The molecule has 7 nitrogen and oxygen atoms in total. The van der Waals surface area contributed by atoms with Crippen LogP contribution in [0.3, 0.4) is 0 Å². The SMILES string of the molecule is Cn1nccc1-c1c(CN)nnn1C1CCOC1. The molecule has 1 saturated heterocycles. The Hall–Kier alpha value is -1.73. The average molecular weight is 248 g/mol. The molecule has 0 spiro atoms. The standard InChI is InChI=1S/C11H16N6O/c1-16-10(2-4-13-16)11-9(6-12)14-15-17(11)8-3-5-18-7-8/h2,4,8H,3,5-7,12H2,1H3. The lowest BCUT2D eigenvalue weighted by Crippen LogP contribution is -2.13. The molecule has 2 aromatic heterocycles. The van der Waals surface area contributed by atoms with Crippen LogP contribution in [0.15, 0.2) is 12.3 Å². The lowest BCUT2D eigenvalue weighted by atomic mass is 10.2. The zero-order valence-electron chi connectivity index (χ0n) is 10.3. The van der Waals surface area contributed by atoms with E-state index < -0.39 is 0 Å². The van der Waals surface area contributed by atoms with Gasteiger partial charge in [-0.1, -0.05) is 5.21 Å². The summed E-state index contributed by atoms with van der Waals surface area (Å²) in [5.41, 5.74) is 8.47. The minimum atomic E-state index is 0.239. The molecule has 1 aliphatic rings. The Balaban J connectivity index is 2.10. The van der Waals surface area contributed by atoms with Crippen molar-refractivity contribution in [3.8, 4) is 11.4 Å². The fraction of sp³-hybridized carbons (Fsp3) is 0.545. The van der Waals surface area contributed by atoms with Gasteiger partial charge in [-0.15, -0.1) is 5.10 Å². The van der Waals surface area contributed by atoms with E-state index in [0.717, 1.165) is 30.1 Å². The molecule has 96 valence electrons. The number of aromatic nitrogens is 5. The lowest BCUT2D eigenvalue weighted by molar-refractivity contribution is 0.184. The van der Waals surface area contributed by atoms with Crippen molar-refractivity contribution in [1.82, 2.24) is 24.8 Å². The Morgan fingerprint density at radius 1 is 1.56 bits per heavy atom. The van der Waals surface area contributed by atoms with Gasteiger partial charge in [0.2, 0.25) is 0 Å². The maximum atomic E-state index is 5.74. The molecule has 7 heteroatoms. The highest BCUT2D eigenvalue weighted by Crippen LogP contribution is 2.27. The minimum absolute atomic E-state index is 0.239. The monoisotopic (exact) mass is 248 g/mol. The van der Waals surface area contributed by atoms with Gasteiger partial charge in [-0.2, -0.15) is 5.10 Å². The molecule has 0 aliphatic carbocycles. The van der Waals surface area contributed by atoms with E-state index in [0.29, 0.717) is 13.2 Å². The predicted molar refractivity (Wildman–Crippen MR) is 64.6 cm³/mol. The summed E-state index contributed by atoms with van der Waals surface area (Å²) in [6.45, 7) is 1.82. The highest BCUT2D eigenvalue weighted by molar-refractivity contribution is 5.57. The van der Waals surface area contributed by atoms with Crippen LogP contribution < -0.4 is 5.73 Å². The van der Waals surface area contributed by atoms with E-state index in [4.69, 9.17) is 10.5 Å². The Bertz CT molecular complexity index is 539. The van der Waals surface area contributed by atoms with Crippen molar-refractivity contribution < 1.29 is 4.74 Å². The second-order valence-electron chi connectivity index (χ2n) is 4.39. The van der Waals surface area contributed by atoms with Crippen molar-refractivity contribution in [2.75, 3.05) is 13.2 Å². The second kappa shape index (κ2) is 4.51. The topological polar surface area (TPSA) is 83.8 Å². The molecule has 2 aromatic rings. The summed E-state index contributed by atoms with van der Waals surface area (Å²) in [4.78, 5) is 0. The van der Waals surface area contributed by atoms with E-state index in [-0.39, 0.29) is 6.04 Å². The Labute approximate surface area is 105 Å². The van der Waals surface area contributed by atoms with Gasteiger partial charge in [-0.05, 0) is 12.5 Å². The summed E-state index contributed by atoms with van der Waals surface area (Å²) in [6, 6.07) is 2.19. The number of hydrogen-bond acceptors (Lipinski definition) is 5. The van der Waals surface area contributed by atoms with Crippen LogP contribution in [0.4, 0.5) is 0 Å². The van der Waals surface area contributed by atoms with Gasteiger partial charge >= 0.3 is 0 Å². The van der Waals surface area contributed by atoms with Gasteiger partial charge in [0.15, 0.2) is 0 Å². The van der Waals surface area contributed by atoms with Crippen LogP contribution in [0, 0.1) is 0 Å². The second-order valence-corrected chi connectivity index (χ2v) is 4.39. The Morgan fingerprint density at radius 2 is 2.44 bits per heavy atom. The molecule has 0 bridgehead atoms. The molecule has 18 heavy (non-hydrogen) atoms. The Morgan fingerprint density at radius 3 is 3.06 bits per heavy atom. The first-order valence-corrected chi connectivity index (χ1v) is 6.01. The molecule has 3 rings (SSSR count). The Kier molecular flexibility index (Phi) is 2.85. The van der Waals surface area contributed by atoms with E-state index >= 15 is 0 Å². The molecular weight excluding hydrogens is 232 g/mol. The average Bonchev–Trinajstić information content (AvgIpc) is 3.06. The smallest absolute Gasteiger partial charge is 0.112 e. The summed E-state index contributed by atoms with van der Waals surface area (Å²) in [5.74, 6) is 0. The first-order chi connectivity index (χ1) is 8.81. The molecule has 0 aromatic carbocycles. The van der Waals surface area contributed by atoms with Crippen molar-refractivity contribution >= 4 is 0 Å². The van der Waals surface area contributed by atoms with E-state index in [1.165, 1.54) is 0 Å². The van der Waals surface area contributed by atoms with Crippen LogP contribution in [-0.4, -0.2) is 38.0 Å². The maximum absolute atomic E-state index is 5.74. The van der Waals surface area contributed by atoms with Crippen LogP contribution >= 0.6 is 0 Å².